The third kappa shape index (κ3) is 6.42. The highest BCUT2D eigenvalue weighted by atomic mass is 16.5. The van der Waals surface area contributed by atoms with Gasteiger partial charge in [0, 0.05) is 13.3 Å². The van der Waals surface area contributed by atoms with Gasteiger partial charge in [-0.15, -0.1) is 0 Å². The van der Waals surface area contributed by atoms with Gasteiger partial charge in [0.1, 0.15) is 12.4 Å². The van der Waals surface area contributed by atoms with Crippen LogP contribution in [0.2, 0.25) is 0 Å². The Morgan fingerprint density at radius 2 is 2.14 bits per heavy atom. The van der Waals surface area contributed by atoms with Crippen LogP contribution in [-0.2, 0) is 14.3 Å². The largest absolute Gasteiger partial charge is 0.458 e. The number of aldehydes is 1. The lowest BCUT2D eigenvalue weighted by molar-refractivity contribution is -0.144. The van der Waals surface area contributed by atoms with Gasteiger partial charge < -0.3 is 14.6 Å². The first kappa shape index (κ1) is 17.9. The van der Waals surface area contributed by atoms with Gasteiger partial charge >= 0.3 is 5.97 Å². The zero-order chi connectivity index (χ0) is 15.7. The number of rotatable bonds is 9. The summed E-state index contributed by atoms with van der Waals surface area (Å²) in [5, 5.41) is 9.90. The summed E-state index contributed by atoms with van der Waals surface area (Å²) in [4.78, 5) is 21.9. The fraction of sp³-hybridized carbons (Fsp3) is 0.765. The van der Waals surface area contributed by atoms with Crippen molar-refractivity contribution < 1.29 is 19.4 Å². The topological polar surface area (TPSA) is 63.6 Å². The van der Waals surface area contributed by atoms with Crippen LogP contribution in [0.25, 0.3) is 0 Å². The summed E-state index contributed by atoms with van der Waals surface area (Å²) in [7, 11) is 0. The van der Waals surface area contributed by atoms with Gasteiger partial charge in [0.2, 0.25) is 0 Å². The van der Waals surface area contributed by atoms with Crippen LogP contribution in [0.1, 0.15) is 58.8 Å². The number of carbonyl (C=O) groups is 2. The third-order valence-corrected chi connectivity index (χ3v) is 4.19. The Morgan fingerprint density at radius 3 is 2.76 bits per heavy atom. The average molecular weight is 296 g/mol. The number of unbranched alkanes of at least 4 members (excludes halogenated alkanes) is 2. The molecule has 21 heavy (non-hydrogen) atoms. The second-order valence-electron chi connectivity index (χ2n) is 5.90. The second kappa shape index (κ2) is 9.72. The van der Waals surface area contributed by atoms with Crippen molar-refractivity contribution in [2.24, 2.45) is 11.8 Å². The molecule has 1 aliphatic carbocycles. The molecule has 0 saturated heterocycles. The molecule has 120 valence electrons. The van der Waals surface area contributed by atoms with Gasteiger partial charge in [-0.1, -0.05) is 25.8 Å². The van der Waals surface area contributed by atoms with Crippen LogP contribution in [0.15, 0.2) is 12.2 Å². The standard InChI is InChI=1S/C17H28O4/c1-3-4-5-6-15(21-13(2)19)9-7-14-8-10-17(20)16(14)11-12-18/h7,9,12,14-17,20H,3-6,8,10-11H2,1-2H3/b9-7+/t14?,15-,16+,17?/m0/s1. The Hall–Kier alpha value is -1.16. The quantitative estimate of drug-likeness (QED) is 0.307. The zero-order valence-electron chi connectivity index (χ0n) is 13.2. The fourth-order valence-electron chi connectivity index (χ4n) is 3.03. The van der Waals surface area contributed by atoms with Crippen molar-refractivity contribution in [3.8, 4) is 0 Å². The molecule has 1 fully saturated rings. The minimum Gasteiger partial charge on any atom is -0.458 e. The summed E-state index contributed by atoms with van der Waals surface area (Å²) >= 11 is 0. The molecule has 2 unspecified atom stereocenters. The molecular weight excluding hydrogens is 268 g/mol. The first-order valence-corrected chi connectivity index (χ1v) is 8.05. The van der Waals surface area contributed by atoms with Crippen LogP contribution in [0.3, 0.4) is 0 Å². The monoisotopic (exact) mass is 296 g/mol. The maximum Gasteiger partial charge on any atom is 0.303 e. The number of hydrogen-bond donors (Lipinski definition) is 1. The van der Waals surface area contributed by atoms with Crippen molar-refractivity contribution in [2.45, 2.75) is 71.0 Å². The van der Waals surface area contributed by atoms with E-state index in [1.165, 1.54) is 6.92 Å². The Bertz CT molecular complexity index is 351. The number of ether oxygens (including phenoxy) is 1. The summed E-state index contributed by atoms with van der Waals surface area (Å²) < 4.78 is 5.32. The van der Waals surface area contributed by atoms with Crippen LogP contribution in [0.4, 0.5) is 0 Å². The molecule has 0 radical (unpaired) electrons. The van der Waals surface area contributed by atoms with Crippen LogP contribution in [0, 0.1) is 11.8 Å². The van der Waals surface area contributed by atoms with Gasteiger partial charge in [-0.2, -0.15) is 0 Å². The summed E-state index contributed by atoms with van der Waals surface area (Å²) in [6.45, 7) is 3.57. The molecule has 0 aromatic heterocycles. The van der Waals surface area contributed by atoms with Crippen molar-refractivity contribution >= 4 is 12.3 Å². The summed E-state index contributed by atoms with van der Waals surface area (Å²) in [6.07, 6.45) is 10.4. The third-order valence-electron chi connectivity index (χ3n) is 4.19. The molecule has 0 bridgehead atoms. The van der Waals surface area contributed by atoms with Gasteiger partial charge in [-0.25, -0.2) is 0 Å². The van der Waals surface area contributed by atoms with Crippen molar-refractivity contribution in [1.29, 1.82) is 0 Å². The zero-order valence-corrected chi connectivity index (χ0v) is 13.2. The van der Waals surface area contributed by atoms with E-state index >= 15 is 0 Å². The molecule has 4 atom stereocenters. The molecule has 4 nitrogen and oxygen atoms in total. The number of carbonyl (C=O) groups excluding carboxylic acids is 2. The Balaban J connectivity index is 2.58. The maximum absolute atomic E-state index is 11.2. The van der Waals surface area contributed by atoms with Crippen molar-refractivity contribution in [3.05, 3.63) is 12.2 Å². The summed E-state index contributed by atoms with van der Waals surface area (Å²) in [5.41, 5.74) is 0. The minimum atomic E-state index is -0.392. The molecule has 0 spiro atoms. The van der Waals surface area contributed by atoms with E-state index in [1.54, 1.807) is 0 Å². The molecule has 4 heteroatoms. The molecule has 0 aromatic rings. The number of hydrogen-bond acceptors (Lipinski definition) is 4. The van der Waals surface area contributed by atoms with Gasteiger partial charge in [0.15, 0.2) is 0 Å². The average Bonchev–Trinajstić information content (AvgIpc) is 2.77. The molecule has 1 saturated carbocycles. The van der Waals surface area contributed by atoms with Crippen LogP contribution in [0.5, 0.6) is 0 Å². The Labute approximate surface area is 127 Å². The highest BCUT2D eigenvalue weighted by Gasteiger charge is 2.32. The van der Waals surface area contributed by atoms with E-state index in [1.807, 2.05) is 12.2 Å². The van der Waals surface area contributed by atoms with E-state index in [4.69, 9.17) is 4.74 Å². The fourth-order valence-corrected chi connectivity index (χ4v) is 3.03. The van der Waals surface area contributed by atoms with Gasteiger partial charge in [0.25, 0.3) is 0 Å². The molecule has 0 heterocycles. The lowest BCUT2D eigenvalue weighted by Crippen LogP contribution is -2.19. The molecule has 1 aliphatic rings. The highest BCUT2D eigenvalue weighted by molar-refractivity contribution is 5.66. The van der Waals surface area contributed by atoms with Gasteiger partial charge in [-0.05, 0) is 43.6 Å². The normalized spacial score (nSPS) is 26.9. The van der Waals surface area contributed by atoms with Crippen LogP contribution >= 0.6 is 0 Å². The lowest BCUT2D eigenvalue weighted by Gasteiger charge is -2.18. The number of allylic oxidation sites excluding steroid dienone is 1. The summed E-state index contributed by atoms with van der Waals surface area (Å²) in [5.74, 6) is -0.0566. The number of aliphatic hydroxyl groups is 1. The van der Waals surface area contributed by atoms with Crippen molar-refractivity contribution in [2.75, 3.05) is 0 Å². The van der Waals surface area contributed by atoms with Crippen LogP contribution in [-0.4, -0.2) is 29.6 Å². The number of esters is 1. The molecule has 0 aromatic carbocycles. The van der Waals surface area contributed by atoms with E-state index in [2.05, 4.69) is 6.92 Å². The maximum atomic E-state index is 11.2. The van der Waals surface area contributed by atoms with Gasteiger partial charge in [-0.3, -0.25) is 4.79 Å². The van der Waals surface area contributed by atoms with E-state index in [-0.39, 0.29) is 23.9 Å². The predicted molar refractivity (Wildman–Crippen MR) is 81.7 cm³/mol. The van der Waals surface area contributed by atoms with E-state index in [9.17, 15) is 14.7 Å². The molecule has 1 N–H and O–H groups in total. The van der Waals surface area contributed by atoms with E-state index in [0.717, 1.165) is 44.8 Å². The summed E-state index contributed by atoms with van der Waals surface area (Å²) in [6, 6.07) is 0. The second-order valence-corrected chi connectivity index (χ2v) is 5.90. The highest BCUT2D eigenvalue weighted by Crippen LogP contribution is 2.35. The molecular formula is C17H28O4. The Morgan fingerprint density at radius 1 is 1.38 bits per heavy atom. The number of aliphatic hydroxyl groups excluding tert-OH is 1. The smallest absolute Gasteiger partial charge is 0.303 e. The molecule has 1 rings (SSSR count). The Kier molecular flexibility index (Phi) is 8.28. The lowest BCUT2D eigenvalue weighted by atomic mass is 9.91. The van der Waals surface area contributed by atoms with Crippen molar-refractivity contribution in [1.82, 2.24) is 0 Å². The van der Waals surface area contributed by atoms with Crippen molar-refractivity contribution in [3.63, 3.8) is 0 Å². The SMILES string of the molecule is CCCCC[C@@H](/C=C/C1CCC(O)[C@@H]1CC=O)OC(C)=O. The van der Waals surface area contributed by atoms with E-state index < -0.39 is 6.10 Å². The first-order chi connectivity index (χ1) is 10.1. The first-order valence-electron chi connectivity index (χ1n) is 8.05. The minimum absolute atomic E-state index is 0.00682. The van der Waals surface area contributed by atoms with Crippen LogP contribution < -0.4 is 0 Å². The van der Waals surface area contributed by atoms with E-state index in [0.29, 0.717) is 6.42 Å². The molecule has 0 aliphatic heterocycles. The molecule has 0 amide bonds. The van der Waals surface area contributed by atoms with Gasteiger partial charge in [0.05, 0.1) is 6.10 Å². The predicted octanol–water partition coefficient (Wildman–Crippen LogP) is 3.03.